The SMILES string of the molecule is CC1C=C(C(C)(C)C)C=[C]1[Hf+2](=[C](c1ccccc1)c1ccccc1)[CH]1c2ccc(C(C)(C)C)cc2-c2cc(C(C)(C)C)ccc21.[Cl-].[Cl-]. The third kappa shape index (κ3) is 7.34. The minimum Gasteiger partial charge on any atom is -1.00 e. The van der Waals surface area contributed by atoms with Gasteiger partial charge >= 0.3 is 282 Å². The van der Waals surface area contributed by atoms with E-state index in [1.807, 2.05) is 0 Å². The van der Waals surface area contributed by atoms with Gasteiger partial charge in [-0.1, -0.05) is 0 Å². The summed E-state index contributed by atoms with van der Waals surface area (Å²) in [5.74, 6) is 0.444. The van der Waals surface area contributed by atoms with Crippen LogP contribution in [-0.2, 0) is 31.8 Å². The third-order valence-corrected chi connectivity index (χ3v) is 22.5. The molecule has 3 heteroatoms. The number of fused-ring (bicyclic) bond motifs is 3. The molecule has 0 saturated carbocycles. The Morgan fingerprint density at radius 2 is 0.979 bits per heavy atom. The summed E-state index contributed by atoms with van der Waals surface area (Å²) in [6, 6.07) is 37.7. The second-order valence-electron chi connectivity index (χ2n) is 16.3. The molecule has 0 heterocycles. The van der Waals surface area contributed by atoms with E-state index in [1.54, 1.807) is 17.7 Å². The fraction of sp³-hybridized carbons (Fsp3) is 0.341. The van der Waals surface area contributed by atoms with Crippen molar-refractivity contribution in [3.05, 3.63) is 151 Å². The van der Waals surface area contributed by atoms with Gasteiger partial charge in [0.15, 0.2) is 0 Å². The summed E-state index contributed by atoms with van der Waals surface area (Å²) in [7, 11) is 0. The first-order chi connectivity index (χ1) is 21.1. The predicted octanol–water partition coefficient (Wildman–Crippen LogP) is 5.75. The Labute approximate surface area is 304 Å². The van der Waals surface area contributed by atoms with E-state index >= 15 is 0 Å². The van der Waals surface area contributed by atoms with Crippen LogP contribution in [-0.4, -0.2) is 3.26 Å². The minimum absolute atomic E-state index is 0. The molecule has 0 bridgehead atoms. The molecule has 0 radical (unpaired) electrons. The van der Waals surface area contributed by atoms with Crippen molar-refractivity contribution in [2.75, 3.05) is 0 Å². The maximum Gasteiger partial charge on any atom is -1.00 e. The smallest absolute Gasteiger partial charge is 1.00 e. The summed E-state index contributed by atoms with van der Waals surface area (Å²) >= 11 is -3.06. The van der Waals surface area contributed by atoms with Crippen molar-refractivity contribution in [2.24, 2.45) is 11.3 Å². The maximum atomic E-state index is 2.66. The molecule has 6 rings (SSSR count). The van der Waals surface area contributed by atoms with Crippen LogP contribution in [0.4, 0.5) is 0 Å². The van der Waals surface area contributed by atoms with Crippen LogP contribution in [0.3, 0.4) is 0 Å². The fourth-order valence-corrected chi connectivity index (χ4v) is 21.1. The van der Waals surface area contributed by atoms with Crippen molar-refractivity contribution in [1.29, 1.82) is 0 Å². The fourth-order valence-electron chi connectivity index (χ4n) is 7.13. The normalized spacial score (nSPS) is 15.7. The number of halogens is 2. The standard InChI is InChI=1S/C21H25.C13H10.C10H15.2ClH.Hf/c1-20(2,3)16-9-7-14-11-15-8-10-17(21(4,5)6)13-19(15)18(14)12-16;1-3-7-12(8-4-1)11-13-9-5-2-6-10-13;1-8-5-6-9(7-8)10(2,3)4;;;/h7-13H,1-6H3;1-10H;6-8H,1-4H3;2*1H;/q;;;;;+2/p-2. The van der Waals surface area contributed by atoms with Crippen molar-refractivity contribution >= 4 is 3.26 Å². The molecule has 1 atom stereocenters. The zero-order chi connectivity index (χ0) is 32.3. The molecule has 0 aliphatic heterocycles. The molecule has 0 spiro atoms. The van der Waals surface area contributed by atoms with E-state index in [1.165, 1.54) is 39.0 Å². The third-order valence-electron chi connectivity index (χ3n) is 9.84. The molecule has 1 unspecified atom stereocenters. The number of hydrogen-bond donors (Lipinski definition) is 0. The van der Waals surface area contributed by atoms with Crippen molar-refractivity contribution in [1.82, 2.24) is 0 Å². The van der Waals surface area contributed by atoms with Gasteiger partial charge in [-0.2, -0.15) is 0 Å². The van der Waals surface area contributed by atoms with Gasteiger partial charge in [0.1, 0.15) is 0 Å². The zero-order valence-corrected chi connectivity index (χ0v) is 34.9. The van der Waals surface area contributed by atoms with Crippen LogP contribution >= 0.6 is 0 Å². The maximum absolute atomic E-state index is 3.06. The van der Waals surface area contributed by atoms with E-state index in [9.17, 15) is 0 Å². The molecule has 0 fully saturated rings. The van der Waals surface area contributed by atoms with Crippen LogP contribution < -0.4 is 24.8 Å². The Bertz CT molecular complexity index is 1730. The second kappa shape index (κ2) is 13.9. The first-order valence-corrected chi connectivity index (χ1v) is 22.4. The summed E-state index contributed by atoms with van der Waals surface area (Å²) in [6.45, 7) is 23.6. The number of benzene rings is 4. The number of rotatable bonds is 4. The zero-order valence-electron chi connectivity index (χ0n) is 29.8. The molecule has 4 aromatic carbocycles. The Morgan fingerprint density at radius 3 is 1.34 bits per heavy atom. The molecule has 2 aliphatic carbocycles. The van der Waals surface area contributed by atoms with Crippen LogP contribution in [0.1, 0.15) is 106 Å². The molecule has 0 aromatic heterocycles. The molecule has 47 heavy (non-hydrogen) atoms. The van der Waals surface area contributed by atoms with Gasteiger partial charge in [-0.05, 0) is 0 Å². The van der Waals surface area contributed by atoms with Crippen molar-refractivity contribution in [3.63, 3.8) is 0 Å². The van der Waals surface area contributed by atoms with Gasteiger partial charge in [-0.3, -0.25) is 0 Å². The van der Waals surface area contributed by atoms with E-state index < -0.39 is 21.0 Å². The molecule has 0 N–H and O–H groups in total. The van der Waals surface area contributed by atoms with Gasteiger partial charge in [0.2, 0.25) is 0 Å². The van der Waals surface area contributed by atoms with E-state index in [-0.39, 0.29) is 41.1 Å². The summed E-state index contributed by atoms with van der Waals surface area (Å²) in [5, 5.41) is 0. The van der Waals surface area contributed by atoms with Crippen molar-refractivity contribution in [2.45, 2.75) is 83.7 Å². The largest absolute Gasteiger partial charge is 1.00 e. The molecule has 2 aliphatic rings. The molecule has 0 amide bonds. The Morgan fingerprint density at radius 1 is 0.553 bits per heavy atom. The van der Waals surface area contributed by atoms with Crippen molar-refractivity contribution < 1.29 is 45.8 Å². The first kappa shape index (κ1) is 37.5. The average molecular weight is 828 g/mol. The summed E-state index contributed by atoms with van der Waals surface area (Å²) in [4.78, 5) is 0. The van der Waals surface area contributed by atoms with Crippen LogP contribution in [0, 0.1) is 11.3 Å². The molecule has 0 nitrogen and oxygen atoms in total. The van der Waals surface area contributed by atoms with Crippen LogP contribution in [0.2, 0.25) is 0 Å². The van der Waals surface area contributed by atoms with Gasteiger partial charge in [0.25, 0.3) is 0 Å². The Kier molecular flexibility index (Phi) is 11.1. The van der Waals surface area contributed by atoms with Crippen LogP contribution in [0.15, 0.2) is 118 Å². The van der Waals surface area contributed by atoms with Gasteiger partial charge < -0.3 is 24.8 Å². The number of allylic oxidation sites excluding steroid dienone is 4. The quantitative estimate of drug-likeness (QED) is 0.230. The molecule has 4 aromatic rings. The van der Waals surface area contributed by atoms with Crippen LogP contribution in [0.25, 0.3) is 11.1 Å². The molecule has 0 saturated heterocycles. The van der Waals surface area contributed by atoms with Crippen LogP contribution in [0.5, 0.6) is 0 Å². The molecular weight excluding hydrogens is 778 g/mol. The Hall–Kier alpha value is -2.32. The van der Waals surface area contributed by atoms with Crippen molar-refractivity contribution in [3.8, 4) is 11.1 Å². The summed E-state index contributed by atoms with van der Waals surface area (Å²) in [5.41, 5.74) is 13.5. The second-order valence-corrected chi connectivity index (χ2v) is 25.2. The topological polar surface area (TPSA) is 0 Å². The summed E-state index contributed by atoms with van der Waals surface area (Å²) < 4.78 is 3.78. The predicted molar refractivity (Wildman–Crippen MR) is 192 cm³/mol. The number of hydrogen-bond acceptors (Lipinski definition) is 0. The van der Waals surface area contributed by atoms with Gasteiger partial charge in [-0.25, -0.2) is 0 Å². The molecule has 244 valence electrons. The van der Waals surface area contributed by atoms with E-state index in [2.05, 4.69) is 178 Å². The first-order valence-electron chi connectivity index (χ1n) is 16.7. The van der Waals surface area contributed by atoms with E-state index in [4.69, 9.17) is 0 Å². The molecular formula is C44H50Cl2Hf. The van der Waals surface area contributed by atoms with Gasteiger partial charge in [0.05, 0.1) is 0 Å². The van der Waals surface area contributed by atoms with Gasteiger partial charge in [0, 0.05) is 0 Å². The van der Waals surface area contributed by atoms with E-state index in [0.717, 1.165) is 0 Å². The average Bonchev–Trinajstić information content (AvgIpc) is 3.53. The summed E-state index contributed by atoms with van der Waals surface area (Å²) in [6.07, 6.45) is 5.24. The monoisotopic (exact) mass is 828 g/mol. The minimum atomic E-state index is -3.06. The Balaban J connectivity index is 0.00000250. The van der Waals surface area contributed by atoms with E-state index in [0.29, 0.717) is 9.59 Å². The van der Waals surface area contributed by atoms with Gasteiger partial charge in [-0.15, -0.1) is 0 Å².